The van der Waals surface area contributed by atoms with Crippen LogP contribution >= 0.6 is 11.6 Å². The lowest BCUT2D eigenvalue weighted by atomic mass is 10.2. The van der Waals surface area contributed by atoms with Crippen molar-refractivity contribution in [1.82, 2.24) is 5.43 Å². The number of hydrogen-bond acceptors (Lipinski definition) is 4. The first kappa shape index (κ1) is 16.8. The van der Waals surface area contributed by atoms with Crippen LogP contribution in [0.15, 0.2) is 70.4 Å². The molecule has 0 radical (unpaired) electrons. The molecule has 3 aromatic rings. The van der Waals surface area contributed by atoms with Crippen LogP contribution in [0.2, 0.25) is 5.02 Å². The molecule has 25 heavy (non-hydrogen) atoms. The maximum atomic E-state index is 11.9. The average molecular weight is 355 g/mol. The normalized spacial score (nSPS) is 10.8. The Hall–Kier alpha value is -3.05. The Balaban J connectivity index is 1.65. The number of amides is 1. The molecular weight excluding hydrogens is 340 g/mol. The van der Waals surface area contributed by atoms with Crippen LogP contribution in [0.25, 0.3) is 0 Å². The van der Waals surface area contributed by atoms with E-state index in [4.69, 9.17) is 20.8 Å². The maximum absolute atomic E-state index is 11.9. The summed E-state index contributed by atoms with van der Waals surface area (Å²) < 4.78 is 10.8. The lowest BCUT2D eigenvalue weighted by Gasteiger charge is -2.07. The molecule has 0 fully saturated rings. The molecule has 1 aromatic heterocycles. The quantitative estimate of drug-likeness (QED) is 0.529. The number of carbonyl (C=O) groups excluding carboxylic acids is 1. The van der Waals surface area contributed by atoms with Gasteiger partial charge < -0.3 is 9.15 Å². The van der Waals surface area contributed by atoms with Crippen LogP contribution in [0.4, 0.5) is 0 Å². The van der Waals surface area contributed by atoms with Crippen LogP contribution in [0, 0.1) is 6.92 Å². The van der Waals surface area contributed by atoms with E-state index in [9.17, 15) is 4.79 Å². The summed E-state index contributed by atoms with van der Waals surface area (Å²) in [6.45, 7) is 1.78. The number of halogens is 1. The molecule has 1 heterocycles. The van der Waals surface area contributed by atoms with Gasteiger partial charge in [0.05, 0.1) is 17.5 Å². The van der Waals surface area contributed by atoms with Crippen LogP contribution in [-0.2, 0) is 0 Å². The van der Waals surface area contributed by atoms with E-state index in [-0.39, 0.29) is 5.76 Å². The highest BCUT2D eigenvalue weighted by Crippen LogP contribution is 2.26. The third-order valence-electron chi connectivity index (χ3n) is 3.39. The van der Waals surface area contributed by atoms with Gasteiger partial charge in [-0.1, -0.05) is 29.8 Å². The van der Waals surface area contributed by atoms with Crippen molar-refractivity contribution in [2.75, 3.05) is 0 Å². The Kier molecular flexibility index (Phi) is 5.16. The molecule has 0 bridgehead atoms. The van der Waals surface area contributed by atoms with Crippen LogP contribution in [0.5, 0.6) is 11.5 Å². The van der Waals surface area contributed by atoms with Crippen molar-refractivity contribution < 1.29 is 13.9 Å². The van der Waals surface area contributed by atoms with Gasteiger partial charge in [-0.25, -0.2) is 5.43 Å². The number of aryl methyl sites for hydroxylation is 1. The molecule has 0 saturated heterocycles. The lowest BCUT2D eigenvalue weighted by molar-refractivity contribution is 0.0926. The number of carbonyl (C=O) groups is 1. The Bertz CT molecular complexity index is 904. The number of nitrogens with zero attached hydrogens (tertiary/aromatic N) is 1. The van der Waals surface area contributed by atoms with Crippen LogP contribution in [0.1, 0.15) is 21.7 Å². The van der Waals surface area contributed by atoms with Crippen molar-refractivity contribution in [3.05, 3.63) is 82.8 Å². The molecule has 126 valence electrons. The third kappa shape index (κ3) is 4.28. The zero-order chi connectivity index (χ0) is 17.6. The first-order valence-corrected chi connectivity index (χ1v) is 7.91. The summed E-state index contributed by atoms with van der Waals surface area (Å²) in [4.78, 5) is 11.9. The molecule has 0 aliphatic heterocycles. The number of hydrazone groups is 1. The smallest absolute Gasteiger partial charge is 0.307 e. The van der Waals surface area contributed by atoms with Crippen molar-refractivity contribution in [3.8, 4) is 11.5 Å². The second-order valence-corrected chi connectivity index (χ2v) is 5.64. The zero-order valence-electron chi connectivity index (χ0n) is 13.4. The van der Waals surface area contributed by atoms with Crippen molar-refractivity contribution in [2.24, 2.45) is 5.10 Å². The fourth-order valence-corrected chi connectivity index (χ4v) is 2.34. The molecular formula is C19H15ClN2O3. The van der Waals surface area contributed by atoms with E-state index in [1.54, 1.807) is 31.2 Å². The van der Waals surface area contributed by atoms with Crippen LogP contribution < -0.4 is 10.2 Å². The van der Waals surface area contributed by atoms with Crippen molar-refractivity contribution in [3.63, 3.8) is 0 Å². The van der Waals surface area contributed by atoms with E-state index in [1.165, 1.54) is 12.5 Å². The summed E-state index contributed by atoms with van der Waals surface area (Å²) in [6.07, 6.45) is 2.92. The topological polar surface area (TPSA) is 63.8 Å². The Morgan fingerprint density at radius 2 is 1.96 bits per heavy atom. The molecule has 0 saturated carbocycles. The SMILES string of the molecule is Cc1ccoc1C(=O)N/N=C/c1ccc(Oc2ccccc2)cc1Cl. The second kappa shape index (κ2) is 7.68. The van der Waals surface area contributed by atoms with Gasteiger partial charge in [-0.3, -0.25) is 4.79 Å². The number of benzene rings is 2. The molecule has 0 unspecified atom stereocenters. The largest absolute Gasteiger partial charge is 0.459 e. The molecule has 0 aliphatic rings. The zero-order valence-corrected chi connectivity index (χ0v) is 14.2. The highest BCUT2D eigenvalue weighted by Gasteiger charge is 2.11. The van der Waals surface area contributed by atoms with E-state index in [0.717, 1.165) is 11.3 Å². The van der Waals surface area contributed by atoms with Gasteiger partial charge >= 0.3 is 5.91 Å². The number of furan rings is 1. The first-order chi connectivity index (χ1) is 12.1. The number of nitrogens with one attached hydrogen (secondary N) is 1. The number of hydrogen-bond donors (Lipinski definition) is 1. The van der Waals surface area contributed by atoms with Gasteiger partial charge in [-0.2, -0.15) is 5.10 Å². The first-order valence-electron chi connectivity index (χ1n) is 7.53. The molecule has 0 spiro atoms. The molecule has 0 aliphatic carbocycles. The molecule has 3 rings (SSSR count). The summed E-state index contributed by atoms with van der Waals surface area (Å²) in [7, 11) is 0. The summed E-state index contributed by atoms with van der Waals surface area (Å²) in [6, 6.07) is 16.3. The summed E-state index contributed by atoms with van der Waals surface area (Å²) >= 11 is 6.23. The van der Waals surface area contributed by atoms with Gasteiger partial charge in [0.25, 0.3) is 0 Å². The molecule has 1 amide bonds. The second-order valence-electron chi connectivity index (χ2n) is 5.23. The Morgan fingerprint density at radius 1 is 1.16 bits per heavy atom. The Morgan fingerprint density at radius 3 is 2.64 bits per heavy atom. The molecule has 2 aromatic carbocycles. The monoisotopic (exact) mass is 354 g/mol. The minimum absolute atomic E-state index is 0.231. The average Bonchev–Trinajstić information content (AvgIpc) is 3.04. The van der Waals surface area contributed by atoms with E-state index < -0.39 is 5.91 Å². The van der Waals surface area contributed by atoms with Crippen LogP contribution in [-0.4, -0.2) is 12.1 Å². The minimum Gasteiger partial charge on any atom is -0.459 e. The fourth-order valence-electron chi connectivity index (χ4n) is 2.12. The Labute approximate surface area is 149 Å². The van der Waals surface area contributed by atoms with Crippen molar-refractivity contribution in [2.45, 2.75) is 6.92 Å². The van der Waals surface area contributed by atoms with Gasteiger partial charge in [0.15, 0.2) is 5.76 Å². The van der Waals surface area contributed by atoms with E-state index >= 15 is 0 Å². The van der Waals surface area contributed by atoms with Gasteiger partial charge in [-0.15, -0.1) is 0 Å². The minimum atomic E-state index is -0.418. The predicted octanol–water partition coefficient (Wildman–Crippen LogP) is 4.80. The lowest BCUT2D eigenvalue weighted by Crippen LogP contribution is -2.17. The molecule has 6 heteroatoms. The predicted molar refractivity (Wildman–Crippen MR) is 96.5 cm³/mol. The highest BCUT2D eigenvalue weighted by molar-refractivity contribution is 6.33. The number of ether oxygens (including phenoxy) is 1. The van der Waals surface area contributed by atoms with Crippen molar-refractivity contribution in [1.29, 1.82) is 0 Å². The standard InChI is InChI=1S/C19H15ClN2O3/c1-13-9-10-24-18(13)19(23)22-21-12-14-7-8-16(11-17(14)20)25-15-5-3-2-4-6-15/h2-12H,1H3,(H,22,23)/b21-12+. The highest BCUT2D eigenvalue weighted by atomic mass is 35.5. The fraction of sp³-hybridized carbons (Fsp3) is 0.0526. The maximum Gasteiger partial charge on any atom is 0.307 e. The van der Waals surface area contributed by atoms with Crippen LogP contribution in [0.3, 0.4) is 0 Å². The van der Waals surface area contributed by atoms with Gasteiger partial charge in [0, 0.05) is 17.2 Å². The van der Waals surface area contributed by atoms with E-state index in [0.29, 0.717) is 16.3 Å². The number of para-hydroxylation sites is 1. The van der Waals surface area contributed by atoms with Crippen molar-refractivity contribution >= 4 is 23.7 Å². The van der Waals surface area contributed by atoms with Gasteiger partial charge in [0.2, 0.25) is 0 Å². The van der Waals surface area contributed by atoms with E-state index in [2.05, 4.69) is 10.5 Å². The number of rotatable bonds is 5. The molecule has 1 N–H and O–H groups in total. The summed E-state index contributed by atoms with van der Waals surface area (Å²) in [5.74, 6) is 1.15. The van der Waals surface area contributed by atoms with Gasteiger partial charge in [0.1, 0.15) is 11.5 Å². The van der Waals surface area contributed by atoms with Gasteiger partial charge in [-0.05, 0) is 37.3 Å². The third-order valence-corrected chi connectivity index (χ3v) is 3.72. The summed E-state index contributed by atoms with van der Waals surface area (Å²) in [5, 5.41) is 4.36. The van der Waals surface area contributed by atoms with E-state index in [1.807, 2.05) is 30.3 Å². The molecule has 0 atom stereocenters. The summed E-state index contributed by atoms with van der Waals surface area (Å²) in [5.41, 5.74) is 3.80. The molecule has 5 nitrogen and oxygen atoms in total.